The minimum atomic E-state index is 0.144. The zero-order valence-corrected chi connectivity index (χ0v) is 10.2. The maximum atomic E-state index is 4.37. The number of aromatic nitrogens is 2. The van der Waals surface area contributed by atoms with E-state index in [9.17, 15) is 0 Å². The second-order valence-electron chi connectivity index (χ2n) is 5.49. The average Bonchev–Trinajstić information content (AvgIpc) is 2.49. The fourth-order valence-corrected chi connectivity index (χ4v) is 1.31. The molecule has 1 heterocycles. The Balaban J connectivity index is 2.89. The van der Waals surface area contributed by atoms with Crippen LogP contribution in [0.15, 0.2) is 6.07 Å². The van der Waals surface area contributed by atoms with Gasteiger partial charge in [0.15, 0.2) is 0 Å². The average molecular weight is 194 g/mol. The Morgan fingerprint density at radius 1 is 1.21 bits per heavy atom. The van der Waals surface area contributed by atoms with Crippen molar-refractivity contribution in [3.8, 4) is 0 Å². The summed E-state index contributed by atoms with van der Waals surface area (Å²) < 4.78 is 0. The maximum absolute atomic E-state index is 4.37. The molecule has 2 nitrogen and oxygen atoms in total. The Bertz CT molecular complexity index is 292. The maximum Gasteiger partial charge on any atom is 0.0678 e. The molecule has 1 rings (SSSR count). The summed E-state index contributed by atoms with van der Waals surface area (Å²) in [5, 5.41) is 7.51. The van der Waals surface area contributed by atoms with Crippen molar-refractivity contribution in [3.63, 3.8) is 0 Å². The molecule has 0 aromatic carbocycles. The van der Waals surface area contributed by atoms with E-state index >= 15 is 0 Å². The third-order valence-corrected chi connectivity index (χ3v) is 2.86. The van der Waals surface area contributed by atoms with Gasteiger partial charge in [0.25, 0.3) is 0 Å². The van der Waals surface area contributed by atoms with Crippen LogP contribution in [0, 0.1) is 5.92 Å². The van der Waals surface area contributed by atoms with E-state index in [4.69, 9.17) is 0 Å². The molecule has 0 saturated carbocycles. The van der Waals surface area contributed by atoms with Gasteiger partial charge < -0.3 is 0 Å². The van der Waals surface area contributed by atoms with E-state index in [1.807, 2.05) is 0 Å². The van der Waals surface area contributed by atoms with E-state index < -0.39 is 0 Å². The summed E-state index contributed by atoms with van der Waals surface area (Å²) >= 11 is 0. The SMILES string of the molecule is CC(C)[C@H](C)c1cc(C(C)(C)C)n[nH]1. The first-order chi connectivity index (χ1) is 6.32. The monoisotopic (exact) mass is 194 g/mol. The van der Waals surface area contributed by atoms with Crippen LogP contribution >= 0.6 is 0 Å². The first-order valence-electron chi connectivity index (χ1n) is 5.38. The Hall–Kier alpha value is -0.790. The zero-order chi connectivity index (χ0) is 10.9. The molecule has 0 aliphatic carbocycles. The number of nitrogens with one attached hydrogen (secondary N) is 1. The molecule has 0 spiro atoms. The van der Waals surface area contributed by atoms with E-state index in [1.165, 1.54) is 5.69 Å². The van der Waals surface area contributed by atoms with Gasteiger partial charge in [-0.15, -0.1) is 0 Å². The van der Waals surface area contributed by atoms with Gasteiger partial charge in [-0.3, -0.25) is 5.10 Å². The minimum Gasteiger partial charge on any atom is -0.282 e. The molecule has 0 aliphatic rings. The quantitative estimate of drug-likeness (QED) is 0.767. The second kappa shape index (κ2) is 3.76. The predicted octanol–water partition coefficient (Wildman–Crippen LogP) is 3.47. The number of hydrogen-bond acceptors (Lipinski definition) is 1. The molecule has 0 amide bonds. The van der Waals surface area contributed by atoms with Crippen LogP contribution in [-0.2, 0) is 5.41 Å². The van der Waals surface area contributed by atoms with Crippen molar-refractivity contribution < 1.29 is 0 Å². The van der Waals surface area contributed by atoms with Gasteiger partial charge in [-0.2, -0.15) is 5.10 Å². The Labute approximate surface area is 87.1 Å². The molecule has 2 heteroatoms. The van der Waals surface area contributed by atoms with E-state index in [0.717, 1.165) is 5.69 Å². The Morgan fingerprint density at radius 3 is 2.14 bits per heavy atom. The fourth-order valence-electron chi connectivity index (χ4n) is 1.31. The van der Waals surface area contributed by atoms with Gasteiger partial charge in [-0.1, -0.05) is 41.5 Å². The van der Waals surface area contributed by atoms with Crippen LogP contribution in [0.4, 0.5) is 0 Å². The van der Waals surface area contributed by atoms with Gasteiger partial charge in [0.05, 0.1) is 5.69 Å². The van der Waals surface area contributed by atoms with Gasteiger partial charge in [0.1, 0.15) is 0 Å². The molecule has 1 aromatic heterocycles. The molecule has 0 fully saturated rings. The molecule has 14 heavy (non-hydrogen) atoms. The Kier molecular flexibility index (Phi) is 3.03. The van der Waals surface area contributed by atoms with Crippen molar-refractivity contribution in [1.29, 1.82) is 0 Å². The van der Waals surface area contributed by atoms with Crippen LogP contribution in [0.2, 0.25) is 0 Å². The van der Waals surface area contributed by atoms with Crippen molar-refractivity contribution in [2.45, 2.75) is 52.9 Å². The molecule has 0 aliphatic heterocycles. The summed E-state index contributed by atoms with van der Waals surface area (Å²) in [5.74, 6) is 1.21. The minimum absolute atomic E-state index is 0.144. The van der Waals surface area contributed by atoms with E-state index in [2.05, 4.69) is 57.8 Å². The van der Waals surface area contributed by atoms with Crippen LogP contribution in [0.25, 0.3) is 0 Å². The molecule has 0 bridgehead atoms. The summed E-state index contributed by atoms with van der Waals surface area (Å²) in [4.78, 5) is 0. The molecular weight excluding hydrogens is 172 g/mol. The molecule has 0 radical (unpaired) electrons. The predicted molar refractivity (Wildman–Crippen MR) is 60.5 cm³/mol. The first-order valence-corrected chi connectivity index (χ1v) is 5.38. The number of hydrogen-bond donors (Lipinski definition) is 1. The van der Waals surface area contributed by atoms with Crippen molar-refractivity contribution in [2.24, 2.45) is 5.92 Å². The lowest BCUT2D eigenvalue weighted by atomic mass is 9.89. The van der Waals surface area contributed by atoms with Crippen molar-refractivity contribution in [2.75, 3.05) is 0 Å². The zero-order valence-electron chi connectivity index (χ0n) is 10.2. The van der Waals surface area contributed by atoms with Gasteiger partial charge in [0, 0.05) is 17.0 Å². The van der Waals surface area contributed by atoms with E-state index in [0.29, 0.717) is 11.8 Å². The molecule has 1 atom stereocenters. The summed E-state index contributed by atoms with van der Waals surface area (Å²) in [5.41, 5.74) is 2.55. The third kappa shape index (κ3) is 2.37. The second-order valence-corrected chi connectivity index (χ2v) is 5.49. The Morgan fingerprint density at radius 2 is 1.79 bits per heavy atom. The highest BCUT2D eigenvalue weighted by atomic mass is 15.1. The number of nitrogens with zero attached hydrogens (tertiary/aromatic N) is 1. The van der Waals surface area contributed by atoms with Crippen molar-refractivity contribution in [1.82, 2.24) is 10.2 Å². The fraction of sp³-hybridized carbons (Fsp3) is 0.750. The van der Waals surface area contributed by atoms with Gasteiger partial charge in [0.2, 0.25) is 0 Å². The normalized spacial score (nSPS) is 14.8. The molecule has 80 valence electrons. The molecular formula is C12H22N2. The number of H-pyrrole nitrogens is 1. The first kappa shape index (κ1) is 11.3. The van der Waals surface area contributed by atoms with Gasteiger partial charge in [-0.05, 0) is 12.0 Å². The lowest BCUT2D eigenvalue weighted by Crippen LogP contribution is -2.11. The number of aromatic amines is 1. The van der Waals surface area contributed by atoms with Gasteiger partial charge in [-0.25, -0.2) is 0 Å². The van der Waals surface area contributed by atoms with E-state index in [-0.39, 0.29) is 5.41 Å². The summed E-state index contributed by atoms with van der Waals surface area (Å²) in [6.45, 7) is 13.3. The topological polar surface area (TPSA) is 28.7 Å². The third-order valence-electron chi connectivity index (χ3n) is 2.86. The largest absolute Gasteiger partial charge is 0.282 e. The lowest BCUT2D eigenvalue weighted by Gasteiger charge is -2.15. The molecule has 1 N–H and O–H groups in total. The van der Waals surface area contributed by atoms with Crippen LogP contribution < -0.4 is 0 Å². The molecule has 0 saturated heterocycles. The molecule has 0 unspecified atom stereocenters. The van der Waals surface area contributed by atoms with Crippen molar-refractivity contribution >= 4 is 0 Å². The molecule has 1 aromatic rings. The summed E-state index contributed by atoms with van der Waals surface area (Å²) in [7, 11) is 0. The highest BCUT2D eigenvalue weighted by Crippen LogP contribution is 2.26. The number of rotatable bonds is 2. The van der Waals surface area contributed by atoms with E-state index in [1.54, 1.807) is 0 Å². The van der Waals surface area contributed by atoms with Gasteiger partial charge >= 0.3 is 0 Å². The van der Waals surface area contributed by atoms with Crippen molar-refractivity contribution in [3.05, 3.63) is 17.5 Å². The van der Waals surface area contributed by atoms with Crippen LogP contribution in [0.3, 0.4) is 0 Å². The van der Waals surface area contributed by atoms with Crippen LogP contribution in [-0.4, -0.2) is 10.2 Å². The highest BCUT2D eigenvalue weighted by Gasteiger charge is 2.20. The van der Waals surface area contributed by atoms with Crippen LogP contribution in [0.5, 0.6) is 0 Å². The lowest BCUT2D eigenvalue weighted by molar-refractivity contribution is 0.522. The highest BCUT2D eigenvalue weighted by molar-refractivity contribution is 5.18. The standard InChI is InChI=1S/C12H22N2/c1-8(2)9(3)10-7-11(14-13-10)12(4,5)6/h7-9H,1-6H3,(H,13,14)/t9-/m0/s1. The summed E-state index contributed by atoms with van der Waals surface area (Å²) in [6, 6.07) is 2.20. The smallest absolute Gasteiger partial charge is 0.0678 e. The van der Waals surface area contributed by atoms with Crippen LogP contribution in [0.1, 0.15) is 58.8 Å². The summed E-state index contributed by atoms with van der Waals surface area (Å²) in [6.07, 6.45) is 0.